The minimum Gasteiger partial charge on any atom is -0.486 e. The molecule has 2 N–H and O–H groups in total. The number of nitrogen functional groups attached to an aromatic ring is 1. The van der Waals surface area contributed by atoms with Crippen LogP contribution in [-0.4, -0.2) is 32.3 Å². The number of carbonyl (C=O) groups excluding carboxylic acids is 1. The third-order valence-electron chi connectivity index (χ3n) is 3.27. The molecule has 21 heavy (non-hydrogen) atoms. The van der Waals surface area contributed by atoms with Crippen LogP contribution in [0, 0.1) is 5.92 Å². The molecule has 1 aliphatic carbocycles. The van der Waals surface area contributed by atoms with E-state index in [0.717, 1.165) is 17.5 Å². The molecule has 6 heteroatoms. The highest BCUT2D eigenvalue weighted by molar-refractivity contribution is 7.19. The van der Waals surface area contributed by atoms with Crippen molar-refractivity contribution in [2.24, 2.45) is 5.92 Å². The number of ether oxygens (including phenoxy) is 2. The molecule has 1 aromatic heterocycles. The van der Waals surface area contributed by atoms with Gasteiger partial charge in [-0.15, -0.1) is 11.3 Å². The summed E-state index contributed by atoms with van der Waals surface area (Å²) in [5.41, 5.74) is 6.52. The minimum atomic E-state index is -0.375. The average molecular weight is 312 g/mol. The monoisotopic (exact) mass is 312 g/mol. The summed E-state index contributed by atoms with van der Waals surface area (Å²) in [6.45, 7) is 6.99. The van der Waals surface area contributed by atoms with Crippen molar-refractivity contribution < 1.29 is 14.3 Å². The van der Waals surface area contributed by atoms with E-state index in [1.807, 2.05) is 20.9 Å². The number of anilines is 2. The normalized spacial score (nSPS) is 14.3. The first-order valence-electron chi connectivity index (χ1n) is 7.41. The van der Waals surface area contributed by atoms with E-state index in [9.17, 15) is 4.79 Å². The molecule has 0 aliphatic heterocycles. The molecule has 0 spiro atoms. The summed E-state index contributed by atoms with van der Waals surface area (Å²) in [6.07, 6.45) is 2.55. The SMILES string of the molecule is CCOC(=O)c1sc(N(C)CC2CC2)c(OC(C)C)c1N. The van der Waals surface area contributed by atoms with E-state index in [0.29, 0.717) is 22.9 Å². The van der Waals surface area contributed by atoms with Gasteiger partial charge in [0.1, 0.15) is 15.6 Å². The summed E-state index contributed by atoms with van der Waals surface area (Å²) in [5, 5.41) is 0.913. The summed E-state index contributed by atoms with van der Waals surface area (Å²) in [6, 6.07) is 0. The number of nitrogens with two attached hydrogens (primary N) is 1. The quantitative estimate of drug-likeness (QED) is 0.784. The molecule has 1 fully saturated rings. The van der Waals surface area contributed by atoms with Crippen molar-refractivity contribution in [3.8, 4) is 5.75 Å². The molecule has 5 nitrogen and oxygen atoms in total. The maximum Gasteiger partial charge on any atom is 0.350 e. The van der Waals surface area contributed by atoms with Gasteiger partial charge in [-0.2, -0.15) is 0 Å². The van der Waals surface area contributed by atoms with Crippen molar-refractivity contribution in [3.05, 3.63) is 4.88 Å². The lowest BCUT2D eigenvalue weighted by Crippen LogP contribution is -2.20. The molecule has 2 rings (SSSR count). The number of thiophene rings is 1. The molecule has 1 aromatic rings. The Bertz CT molecular complexity index is 509. The number of hydrogen-bond acceptors (Lipinski definition) is 6. The van der Waals surface area contributed by atoms with Crippen LogP contribution in [0.4, 0.5) is 10.7 Å². The Hall–Kier alpha value is -1.43. The van der Waals surface area contributed by atoms with Gasteiger partial charge < -0.3 is 20.1 Å². The maximum atomic E-state index is 12.0. The van der Waals surface area contributed by atoms with E-state index in [-0.39, 0.29) is 12.1 Å². The van der Waals surface area contributed by atoms with E-state index in [2.05, 4.69) is 4.90 Å². The molecule has 0 atom stereocenters. The molecular formula is C15H24N2O3S. The van der Waals surface area contributed by atoms with Crippen molar-refractivity contribution in [2.45, 2.75) is 39.7 Å². The van der Waals surface area contributed by atoms with Crippen molar-refractivity contribution in [1.82, 2.24) is 0 Å². The zero-order valence-electron chi connectivity index (χ0n) is 13.1. The molecule has 1 aliphatic rings. The fraction of sp³-hybridized carbons (Fsp3) is 0.667. The Kier molecular flexibility index (Phi) is 4.98. The van der Waals surface area contributed by atoms with E-state index in [4.69, 9.17) is 15.2 Å². The van der Waals surface area contributed by atoms with Gasteiger partial charge in [-0.05, 0) is 39.5 Å². The first-order valence-corrected chi connectivity index (χ1v) is 8.22. The van der Waals surface area contributed by atoms with Crippen LogP contribution in [0.3, 0.4) is 0 Å². The van der Waals surface area contributed by atoms with Crippen molar-refractivity contribution in [1.29, 1.82) is 0 Å². The van der Waals surface area contributed by atoms with Crippen molar-refractivity contribution >= 4 is 28.0 Å². The summed E-state index contributed by atoms with van der Waals surface area (Å²) in [4.78, 5) is 14.6. The van der Waals surface area contributed by atoms with E-state index >= 15 is 0 Å². The summed E-state index contributed by atoms with van der Waals surface area (Å²) >= 11 is 1.36. The Balaban J connectivity index is 2.30. The highest BCUT2D eigenvalue weighted by Gasteiger charge is 2.29. The highest BCUT2D eigenvalue weighted by atomic mass is 32.1. The number of nitrogens with zero attached hydrogens (tertiary/aromatic N) is 1. The van der Waals surface area contributed by atoms with Crippen LogP contribution < -0.4 is 15.4 Å². The average Bonchev–Trinajstić information content (AvgIpc) is 3.15. The highest BCUT2D eigenvalue weighted by Crippen LogP contribution is 2.46. The zero-order valence-corrected chi connectivity index (χ0v) is 14.0. The topological polar surface area (TPSA) is 64.8 Å². The lowest BCUT2D eigenvalue weighted by molar-refractivity contribution is 0.0533. The van der Waals surface area contributed by atoms with Crippen LogP contribution >= 0.6 is 11.3 Å². The first-order chi connectivity index (χ1) is 9.93. The van der Waals surface area contributed by atoms with Gasteiger partial charge in [0.05, 0.1) is 12.7 Å². The van der Waals surface area contributed by atoms with Crippen molar-refractivity contribution in [3.63, 3.8) is 0 Å². The van der Waals surface area contributed by atoms with E-state index in [1.165, 1.54) is 24.2 Å². The van der Waals surface area contributed by atoms with Crippen LogP contribution in [0.15, 0.2) is 0 Å². The lowest BCUT2D eigenvalue weighted by atomic mass is 10.3. The molecule has 0 radical (unpaired) electrons. The Morgan fingerprint density at radius 2 is 2.14 bits per heavy atom. The summed E-state index contributed by atoms with van der Waals surface area (Å²) in [5.74, 6) is 0.983. The van der Waals surface area contributed by atoms with Gasteiger partial charge in [-0.1, -0.05) is 0 Å². The fourth-order valence-electron chi connectivity index (χ4n) is 2.14. The largest absolute Gasteiger partial charge is 0.486 e. The van der Waals surface area contributed by atoms with Gasteiger partial charge >= 0.3 is 5.97 Å². The molecular weight excluding hydrogens is 288 g/mol. The second-order valence-electron chi connectivity index (χ2n) is 5.69. The van der Waals surface area contributed by atoms with Crippen LogP contribution in [0.2, 0.25) is 0 Å². The maximum absolute atomic E-state index is 12.0. The fourth-order valence-corrected chi connectivity index (χ4v) is 3.16. The van der Waals surface area contributed by atoms with Crippen molar-refractivity contribution in [2.75, 3.05) is 30.8 Å². The number of esters is 1. The number of carbonyl (C=O) groups is 1. The van der Waals surface area contributed by atoms with Gasteiger partial charge in [0.15, 0.2) is 5.75 Å². The van der Waals surface area contributed by atoms with Crippen LogP contribution in [0.25, 0.3) is 0 Å². The Labute approximate surface area is 130 Å². The predicted octanol–water partition coefficient (Wildman–Crippen LogP) is 3.14. The van der Waals surface area contributed by atoms with Gasteiger partial charge in [0, 0.05) is 13.6 Å². The van der Waals surface area contributed by atoms with Gasteiger partial charge in [-0.3, -0.25) is 0 Å². The van der Waals surface area contributed by atoms with Gasteiger partial charge in [0.25, 0.3) is 0 Å². The third kappa shape index (κ3) is 3.81. The van der Waals surface area contributed by atoms with Crippen LogP contribution in [-0.2, 0) is 4.74 Å². The van der Waals surface area contributed by atoms with Gasteiger partial charge in [0.2, 0.25) is 0 Å². The smallest absolute Gasteiger partial charge is 0.350 e. The number of hydrogen-bond donors (Lipinski definition) is 1. The first kappa shape index (κ1) is 15.9. The summed E-state index contributed by atoms with van der Waals surface area (Å²) in [7, 11) is 2.02. The van der Waals surface area contributed by atoms with Gasteiger partial charge in [-0.25, -0.2) is 4.79 Å². The minimum absolute atomic E-state index is 0.00465. The second kappa shape index (κ2) is 6.56. The molecule has 0 aromatic carbocycles. The van der Waals surface area contributed by atoms with E-state index < -0.39 is 0 Å². The molecule has 0 amide bonds. The third-order valence-corrected chi connectivity index (χ3v) is 4.55. The molecule has 0 saturated heterocycles. The predicted molar refractivity (Wildman–Crippen MR) is 86.4 cm³/mol. The molecule has 0 unspecified atom stereocenters. The zero-order chi connectivity index (χ0) is 15.6. The number of rotatable bonds is 7. The Morgan fingerprint density at radius 3 is 2.67 bits per heavy atom. The lowest BCUT2D eigenvalue weighted by Gasteiger charge is -2.20. The standard InChI is InChI=1S/C15H24N2O3S/c1-5-19-15(18)13-11(16)12(20-9(2)3)14(21-13)17(4)8-10-6-7-10/h9-10H,5-8,16H2,1-4H3. The van der Waals surface area contributed by atoms with Crippen LogP contribution in [0.5, 0.6) is 5.75 Å². The molecule has 0 bridgehead atoms. The Morgan fingerprint density at radius 1 is 1.48 bits per heavy atom. The van der Waals surface area contributed by atoms with E-state index in [1.54, 1.807) is 6.92 Å². The summed E-state index contributed by atoms with van der Waals surface area (Å²) < 4.78 is 10.9. The second-order valence-corrected chi connectivity index (χ2v) is 6.69. The molecule has 118 valence electrons. The van der Waals surface area contributed by atoms with Crippen LogP contribution in [0.1, 0.15) is 43.3 Å². The molecule has 1 heterocycles. The molecule has 1 saturated carbocycles.